The highest BCUT2D eigenvalue weighted by Gasteiger charge is 2.46. The number of esters is 1. The van der Waals surface area contributed by atoms with E-state index in [9.17, 15) is 9.90 Å². The van der Waals surface area contributed by atoms with Gasteiger partial charge in [-0.25, -0.2) is 4.79 Å². The number of aliphatic hydroxyl groups excluding tert-OH is 1. The molecule has 3 aromatic rings. The van der Waals surface area contributed by atoms with Crippen LogP contribution in [0.25, 0.3) is 0 Å². The van der Waals surface area contributed by atoms with Gasteiger partial charge in [-0.3, -0.25) is 0 Å². The number of cyclic esters (lactones) is 1. The van der Waals surface area contributed by atoms with Crippen LogP contribution in [-0.2, 0) is 15.1 Å². The number of benzene rings is 2. The smallest absolute Gasteiger partial charge is 0.349 e. The lowest BCUT2D eigenvalue weighted by molar-refractivity contribution is -0.153. The van der Waals surface area contributed by atoms with Crippen molar-refractivity contribution >= 4 is 40.7 Å². The van der Waals surface area contributed by atoms with E-state index in [0.29, 0.717) is 9.92 Å². The van der Waals surface area contributed by atoms with Gasteiger partial charge in [-0.05, 0) is 23.6 Å². The molecule has 1 unspecified atom stereocenters. The fourth-order valence-electron chi connectivity index (χ4n) is 3.07. The first kappa shape index (κ1) is 18.2. The number of hydrogen-bond donors (Lipinski definition) is 1. The molecule has 27 heavy (non-hydrogen) atoms. The first-order valence-electron chi connectivity index (χ1n) is 8.27. The maximum absolute atomic E-state index is 12.9. The van der Waals surface area contributed by atoms with Gasteiger partial charge in [0.2, 0.25) is 0 Å². The van der Waals surface area contributed by atoms with E-state index >= 15 is 0 Å². The van der Waals surface area contributed by atoms with Crippen LogP contribution in [0.4, 0.5) is 0 Å². The van der Waals surface area contributed by atoms with Gasteiger partial charge in [-0.15, -0.1) is 11.3 Å². The zero-order valence-corrected chi connectivity index (χ0v) is 16.5. The SMILES string of the molecule is O=C1OC(c2ccccc2)(c2cccs2)CC(O)=C1Sc1ccccc1Cl. The van der Waals surface area contributed by atoms with E-state index in [2.05, 4.69) is 0 Å². The molecule has 0 saturated carbocycles. The van der Waals surface area contributed by atoms with Crippen molar-refractivity contribution in [2.45, 2.75) is 16.9 Å². The highest BCUT2D eigenvalue weighted by Crippen LogP contribution is 2.48. The second kappa shape index (κ2) is 7.43. The Morgan fingerprint density at radius 2 is 1.78 bits per heavy atom. The minimum absolute atomic E-state index is 0.00780. The van der Waals surface area contributed by atoms with Crippen LogP contribution in [0.1, 0.15) is 16.9 Å². The minimum atomic E-state index is -1.03. The van der Waals surface area contributed by atoms with Crippen LogP contribution in [0.15, 0.2) is 87.7 Å². The van der Waals surface area contributed by atoms with Gasteiger partial charge in [0.1, 0.15) is 10.7 Å². The zero-order chi connectivity index (χ0) is 18.9. The zero-order valence-electron chi connectivity index (χ0n) is 14.1. The van der Waals surface area contributed by atoms with Crippen molar-refractivity contribution in [3.8, 4) is 0 Å². The van der Waals surface area contributed by atoms with Crippen LogP contribution in [-0.4, -0.2) is 11.1 Å². The summed E-state index contributed by atoms with van der Waals surface area (Å²) in [5.41, 5.74) is -0.199. The molecule has 0 aliphatic carbocycles. The molecule has 0 amide bonds. The Hall–Kier alpha value is -2.21. The first-order chi connectivity index (χ1) is 13.1. The average Bonchev–Trinajstić information content (AvgIpc) is 3.22. The van der Waals surface area contributed by atoms with Crippen LogP contribution < -0.4 is 0 Å². The Bertz CT molecular complexity index is 999. The van der Waals surface area contributed by atoms with E-state index in [1.807, 2.05) is 60.0 Å². The molecule has 0 bridgehead atoms. The van der Waals surface area contributed by atoms with Gasteiger partial charge in [-0.2, -0.15) is 0 Å². The molecule has 0 spiro atoms. The molecule has 2 aromatic carbocycles. The molecule has 2 heterocycles. The van der Waals surface area contributed by atoms with Gasteiger partial charge in [0.05, 0.1) is 16.3 Å². The summed E-state index contributed by atoms with van der Waals surface area (Å²) in [6.45, 7) is 0. The second-order valence-electron chi connectivity index (χ2n) is 6.04. The Labute approximate surface area is 170 Å². The maximum atomic E-state index is 12.9. The number of halogens is 1. The van der Waals surface area contributed by atoms with Gasteiger partial charge < -0.3 is 9.84 Å². The molecule has 0 saturated heterocycles. The normalized spacial score (nSPS) is 19.8. The molecule has 1 N–H and O–H groups in total. The second-order valence-corrected chi connectivity index (χ2v) is 8.45. The largest absolute Gasteiger partial charge is 0.511 e. The number of aliphatic hydroxyl groups is 1. The van der Waals surface area contributed by atoms with E-state index in [1.54, 1.807) is 12.1 Å². The van der Waals surface area contributed by atoms with E-state index in [4.69, 9.17) is 16.3 Å². The molecule has 1 aliphatic heterocycles. The topological polar surface area (TPSA) is 46.5 Å². The molecule has 136 valence electrons. The van der Waals surface area contributed by atoms with E-state index in [1.165, 1.54) is 11.3 Å². The van der Waals surface area contributed by atoms with Crippen LogP contribution >= 0.6 is 34.7 Å². The number of rotatable bonds is 4. The van der Waals surface area contributed by atoms with Crippen molar-refractivity contribution < 1.29 is 14.6 Å². The molecule has 3 nitrogen and oxygen atoms in total. The van der Waals surface area contributed by atoms with Crippen LogP contribution in [0, 0.1) is 0 Å². The van der Waals surface area contributed by atoms with Crippen molar-refractivity contribution in [2.24, 2.45) is 0 Å². The maximum Gasteiger partial charge on any atom is 0.349 e. The predicted octanol–water partition coefficient (Wildman–Crippen LogP) is 6.15. The van der Waals surface area contributed by atoms with Gasteiger partial charge in [0.15, 0.2) is 5.60 Å². The van der Waals surface area contributed by atoms with Crippen molar-refractivity contribution in [2.75, 3.05) is 0 Å². The summed E-state index contributed by atoms with van der Waals surface area (Å²) in [5.74, 6) is -0.547. The van der Waals surface area contributed by atoms with E-state index in [-0.39, 0.29) is 17.1 Å². The number of hydrogen-bond acceptors (Lipinski definition) is 5. The van der Waals surface area contributed by atoms with Crippen LogP contribution in [0.2, 0.25) is 5.02 Å². The molecule has 1 aliphatic rings. The molecule has 6 heteroatoms. The monoisotopic (exact) mass is 414 g/mol. The van der Waals surface area contributed by atoms with Crippen molar-refractivity contribution in [1.29, 1.82) is 0 Å². The summed E-state index contributed by atoms with van der Waals surface area (Å²) in [6, 6.07) is 20.5. The molecule has 0 fully saturated rings. The third-order valence-electron chi connectivity index (χ3n) is 4.34. The average molecular weight is 415 g/mol. The summed E-state index contributed by atoms with van der Waals surface area (Å²) in [5, 5.41) is 13.3. The molecule has 1 aromatic heterocycles. The van der Waals surface area contributed by atoms with Crippen molar-refractivity contribution in [3.63, 3.8) is 0 Å². The van der Waals surface area contributed by atoms with Gasteiger partial charge in [-0.1, -0.05) is 71.9 Å². The summed E-state index contributed by atoms with van der Waals surface area (Å²) in [4.78, 5) is 14.6. The molecular weight excluding hydrogens is 400 g/mol. The molecule has 4 rings (SSSR count). The summed E-state index contributed by atoms with van der Waals surface area (Å²) < 4.78 is 5.99. The minimum Gasteiger partial charge on any atom is -0.511 e. The first-order valence-corrected chi connectivity index (χ1v) is 10.3. The molecule has 1 atom stereocenters. The third-order valence-corrected chi connectivity index (χ3v) is 6.98. The fraction of sp³-hybridized carbons (Fsp3) is 0.0952. The molecule has 0 radical (unpaired) electrons. The number of carbonyl (C=O) groups is 1. The lowest BCUT2D eigenvalue weighted by Crippen LogP contribution is -2.37. The Balaban J connectivity index is 1.77. The standard InChI is InChI=1S/C21H15ClO3S2/c22-15-9-4-5-10-17(15)27-19-16(23)13-21(25-20(19)24,18-11-6-12-26-18)14-7-2-1-3-8-14/h1-12,23H,13H2. The van der Waals surface area contributed by atoms with Crippen molar-refractivity contribution in [3.05, 3.63) is 98.2 Å². The number of carbonyl (C=O) groups excluding carboxylic acids is 1. The number of ether oxygens (including phenoxy) is 1. The predicted molar refractivity (Wildman–Crippen MR) is 109 cm³/mol. The van der Waals surface area contributed by atoms with Gasteiger partial charge in [0.25, 0.3) is 0 Å². The van der Waals surface area contributed by atoms with E-state index < -0.39 is 11.6 Å². The summed E-state index contributed by atoms with van der Waals surface area (Å²) in [7, 11) is 0. The highest BCUT2D eigenvalue weighted by atomic mass is 35.5. The van der Waals surface area contributed by atoms with Crippen LogP contribution in [0.5, 0.6) is 0 Å². The lowest BCUT2D eigenvalue weighted by atomic mass is 9.86. The van der Waals surface area contributed by atoms with Crippen LogP contribution in [0.3, 0.4) is 0 Å². The Morgan fingerprint density at radius 1 is 1.04 bits per heavy atom. The van der Waals surface area contributed by atoms with Gasteiger partial charge >= 0.3 is 5.97 Å². The Morgan fingerprint density at radius 3 is 2.44 bits per heavy atom. The van der Waals surface area contributed by atoms with Crippen molar-refractivity contribution in [1.82, 2.24) is 0 Å². The Kier molecular flexibility index (Phi) is 5.00. The molecular formula is C21H15ClO3S2. The fourth-order valence-corrected chi connectivity index (χ4v) is 5.05. The van der Waals surface area contributed by atoms with Gasteiger partial charge in [0, 0.05) is 10.5 Å². The quantitative estimate of drug-likeness (QED) is 0.520. The highest BCUT2D eigenvalue weighted by molar-refractivity contribution is 8.04. The lowest BCUT2D eigenvalue weighted by Gasteiger charge is -2.36. The summed E-state index contributed by atoms with van der Waals surface area (Å²) in [6.07, 6.45) is 0.177. The number of thiophene rings is 1. The van der Waals surface area contributed by atoms with E-state index in [0.717, 1.165) is 22.2 Å². The summed E-state index contributed by atoms with van der Waals surface area (Å²) >= 11 is 8.82. The third kappa shape index (κ3) is 3.38. The number of thioether (sulfide) groups is 1.